The van der Waals surface area contributed by atoms with Gasteiger partial charge in [0.2, 0.25) is 0 Å². The molecule has 1 saturated heterocycles. The summed E-state index contributed by atoms with van der Waals surface area (Å²) in [5.41, 5.74) is 0.616. The maximum Gasteiger partial charge on any atom is 0.0872 e. The van der Waals surface area contributed by atoms with Crippen LogP contribution in [-0.2, 0) is 6.54 Å². The third-order valence-corrected chi connectivity index (χ3v) is 3.49. The topological polar surface area (TPSA) is 41.3 Å². The van der Waals surface area contributed by atoms with Crippen molar-refractivity contribution in [1.29, 1.82) is 0 Å². The molecule has 1 aliphatic rings. The second-order valence-corrected chi connectivity index (χ2v) is 5.40. The van der Waals surface area contributed by atoms with E-state index in [0.29, 0.717) is 6.04 Å². The van der Waals surface area contributed by atoms with Crippen molar-refractivity contribution in [3.8, 4) is 0 Å². The minimum Gasteiger partial charge on any atom is -0.388 e. The average molecular weight is 237 g/mol. The first-order valence-electron chi connectivity index (χ1n) is 6.53. The monoisotopic (exact) mass is 237 g/mol. The average Bonchev–Trinajstić information content (AvgIpc) is 2.66. The highest BCUT2D eigenvalue weighted by atomic mass is 16.3. The van der Waals surface area contributed by atoms with Crippen LogP contribution in [0.4, 0.5) is 0 Å². The van der Waals surface area contributed by atoms with Gasteiger partial charge in [-0.3, -0.25) is 9.58 Å². The molecule has 1 aromatic rings. The zero-order valence-corrected chi connectivity index (χ0v) is 11.1. The van der Waals surface area contributed by atoms with Crippen LogP contribution in [0.3, 0.4) is 0 Å². The lowest BCUT2D eigenvalue weighted by molar-refractivity contribution is -0.0876. The van der Waals surface area contributed by atoms with Crippen LogP contribution in [0.1, 0.15) is 45.3 Å². The van der Waals surface area contributed by atoms with Gasteiger partial charge in [-0.2, -0.15) is 5.10 Å². The molecule has 4 heteroatoms. The summed E-state index contributed by atoms with van der Waals surface area (Å²) in [5, 5.41) is 14.3. The highest BCUT2D eigenvalue weighted by Crippen LogP contribution is 2.22. The molecule has 2 rings (SSSR count). The predicted molar refractivity (Wildman–Crippen MR) is 67.7 cm³/mol. The molecule has 1 aliphatic heterocycles. The molecule has 0 amide bonds. The van der Waals surface area contributed by atoms with E-state index in [1.807, 2.05) is 6.92 Å². The molecule has 0 aromatic carbocycles. The van der Waals surface area contributed by atoms with Crippen LogP contribution in [0.15, 0.2) is 12.3 Å². The van der Waals surface area contributed by atoms with Gasteiger partial charge in [0.1, 0.15) is 0 Å². The SMILES string of the molecule is CCC(CC)n1ccc(CN2CC(C)(O)C2)n1. The lowest BCUT2D eigenvalue weighted by Crippen LogP contribution is -2.59. The highest BCUT2D eigenvalue weighted by Gasteiger charge is 2.36. The second-order valence-electron chi connectivity index (χ2n) is 5.40. The predicted octanol–water partition coefficient (Wildman–Crippen LogP) is 1.81. The van der Waals surface area contributed by atoms with Crippen molar-refractivity contribution in [3.05, 3.63) is 18.0 Å². The Morgan fingerprint density at radius 2 is 2.06 bits per heavy atom. The second kappa shape index (κ2) is 4.78. The Bertz CT molecular complexity index is 360. The lowest BCUT2D eigenvalue weighted by atomic mass is 9.97. The molecule has 0 unspecified atom stereocenters. The first-order valence-corrected chi connectivity index (χ1v) is 6.53. The summed E-state index contributed by atoms with van der Waals surface area (Å²) in [6, 6.07) is 2.61. The molecule has 1 aromatic heterocycles. The molecular weight excluding hydrogens is 214 g/mol. The number of hydrogen-bond acceptors (Lipinski definition) is 3. The van der Waals surface area contributed by atoms with Gasteiger partial charge in [-0.25, -0.2) is 0 Å². The van der Waals surface area contributed by atoms with Gasteiger partial charge >= 0.3 is 0 Å². The molecule has 2 heterocycles. The van der Waals surface area contributed by atoms with E-state index in [-0.39, 0.29) is 0 Å². The number of aliphatic hydroxyl groups is 1. The van der Waals surface area contributed by atoms with Crippen LogP contribution in [0.2, 0.25) is 0 Å². The summed E-state index contributed by atoms with van der Waals surface area (Å²) >= 11 is 0. The molecule has 0 aliphatic carbocycles. The van der Waals surface area contributed by atoms with E-state index < -0.39 is 5.60 Å². The summed E-state index contributed by atoms with van der Waals surface area (Å²) in [4.78, 5) is 2.22. The van der Waals surface area contributed by atoms with Crippen LogP contribution < -0.4 is 0 Å². The van der Waals surface area contributed by atoms with E-state index in [1.54, 1.807) is 0 Å². The maximum atomic E-state index is 9.66. The number of β-amino-alcohol motifs (C(OH)–C–C–N with tert-alkyl or cyclic N) is 1. The number of likely N-dealkylation sites (tertiary alicyclic amines) is 1. The van der Waals surface area contributed by atoms with Gasteiger partial charge < -0.3 is 5.11 Å². The third kappa shape index (κ3) is 2.87. The van der Waals surface area contributed by atoms with Gasteiger partial charge in [-0.05, 0) is 25.8 Å². The van der Waals surface area contributed by atoms with Gasteiger partial charge in [0.05, 0.1) is 17.3 Å². The van der Waals surface area contributed by atoms with E-state index in [4.69, 9.17) is 0 Å². The fourth-order valence-electron chi connectivity index (χ4n) is 2.59. The zero-order valence-electron chi connectivity index (χ0n) is 11.1. The Balaban J connectivity index is 1.91. The van der Waals surface area contributed by atoms with Crippen molar-refractivity contribution in [2.45, 2.75) is 51.8 Å². The van der Waals surface area contributed by atoms with Crippen molar-refractivity contribution < 1.29 is 5.11 Å². The van der Waals surface area contributed by atoms with Crippen LogP contribution in [0.25, 0.3) is 0 Å². The Morgan fingerprint density at radius 3 is 2.59 bits per heavy atom. The van der Waals surface area contributed by atoms with Crippen LogP contribution in [0.5, 0.6) is 0 Å². The molecule has 0 radical (unpaired) electrons. The molecule has 0 atom stereocenters. The summed E-state index contributed by atoms with van der Waals surface area (Å²) in [5.74, 6) is 0. The quantitative estimate of drug-likeness (QED) is 0.849. The van der Waals surface area contributed by atoms with Crippen molar-refractivity contribution in [3.63, 3.8) is 0 Å². The Labute approximate surface area is 103 Å². The van der Waals surface area contributed by atoms with Crippen molar-refractivity contribution in [2.24, 2.45) is 0 Å². The maximum absolute atomic E-state index is 9.66. The van der Waals surface area contributed by atoms with E-state index >= 15 is 0 Å². The number of aromatic nitrogens is 2. The van der Waals surface area contributed by atoms with Crippen molar-refractivity contribution >= 4 is 0 Å². The van der Waals surface area contributed by atoms with Crippen LogP contribution in [0, 0.1) is 0 Å². The smallest absolute Gasteiger partial charge is 0.0872 e. The number of hydrogen-bond donors (Lipinski definition) is 1. The fraction of sp³-hybridized carbons (Fsp3) is 0.769. The number of nitrogens with zero attached hydrogens (tertiary/aromatic N) is 3. The normalized spacial score (nSPS) is 19.6. The first-order chi connectivity index (χ1) is 8.04. The molecule has 96 valence electrons. The van der Waals surface area contributed by atoms with Gasteiger partial charge in [0.25, 0.3) is 0 Å². The lowest BCUT2D eigenvalue weighted by Gasteiger charge is -2.43. The first kappa shape index (κ1) is 12.6. The minimum atomic E-state index is -0.488. The fourth-order valence-corrected chi connectivity index (χ4v) is 2.59. The van der Waals surface area contributed by atoms with E-state index in [0.717, 1.165) is 38.2 Å². The molecular formula is C13H23N3O. The highest BCUT2D eigenvalue weighted by molar-refractivity contribution is 5.03. The largest absolute Gasteiger partial charge is 0.388 e. The number of rotatable bonds is 5. The Morgan fingerprint density at radius 1 is 1.41 bits per heavy atom. The summed E-state index contributed by atoms with van der Waals surface area (Å²) in [6.45, 7) is 8.63. The van der Waals surface area contributed by atoms with Crippen LogP contribution in [-0.4, -0.2) is 38.5 Å². The molecule has 0 spiro atoms. The molecule has 4 nitrogen and oxygen atoms in total. The zero-order chi connectivity index (χ0) is 12.5. The standard InChI is InChI=1S/C13H23N3O/c1-4-12(5-2)16-7-6-11(14-16)8-15-9-13(3,17)10-15/h6-7,12,17H,4-5,8-10H2,1-3H3. The summed E-state index contributed by atoms with van der Waals surface area (Å²) in [7, 11) is 0. The Hall–Kier alpha value is -0.870. The van der Waals surface area contributed by atoms with Gasteiger partial charge in [-0.1, -0.05) is 13.8 Å². The minimum absolute atomic E-state index is 0.488. The van der Waals surface area contributed by atoms with Gasteiger partial charge in [0, 0.05) is 25.8 Å². The van der Waals surface area contributed by atoms with E-state index in [2.05, 4.69) is 40.8 Å². The molecule has 1 N–H and O–H groups in total. The van der Waals surface area contributed by atoms with Crippen molar-refractivity contribution in [1.82, 2.24) is 14.7 Å². The van der Waals surface area contributed by atoms with Gasteiger partial charge in [-0.15, -0.1) is 0 Å². The third-order valence-electron chi connectivity index (χ3n) is 3.49. The molecule has 17 heavy (non-hydrogen) atoms. The molecule has 0 saturated carbocycles. The van der Waals surface area contributed by atoms with E-state index in [9.17, 15) is 5.11 Å². The summed E-state index contributed by atoms with van der Waals surface area (Å²) < 4.78 is 2.08. The van der Waals surface area contributed by atoms with Gasteiger partial charge in [0.15, 0.2) is 0 Å². The Kier molecular flexibility index (Phi) is 3.54. The molecule has 1 fully saturated rings. The summed E-state index contributed by atoms with van der Waals surface area (Å²) in [6.07, 6.45) is 4.32. The van der Waals surface area contributed by atoms with Crippen LogP contribution >= 0.6 is 0 Å². The molecule has 0 bridgehead atoms. The van der Waals surface area contributed by atoms with Crippen molar-refractivity contribution in [2.75, 3.05) is 13.1 Å². The van der Waals surface area contributed by atoms with E-state index in [1.165, 1.54) is 0 Å².